The fraction of sp³-hybridized carbons (Fsp3) is 0.0588. The van der Waals surface area contributed by atoms with Crippen LogP contribution in [0.4, 0.5) is 5.69 Å². The molecule has 0 aliphatic heterocycles. The lowest BCUT2D eigenvalue weighted by atomic mass is 10.1. The van der Waals surface area contributed by atoms with E-state index in [1.807, 2.05) is 24.4 Å². The van der Waals surface area contributed by atoms with Crippen molar-refractivity contribution in [1.82, 2.24) is 4.98 Å². The summed E-state index contributed by atoms with van der Waals surface area (Å²) in [6, 6.07) is 12.2. The summed E-state index contributed by atoms with van der Waals surface area (Å²) in [5.41, 5.74) is 2.97. The van der Waals surface area contributed by atoms with Crippen LogP contribution in [-0.2, 0) is 0 Å². The Bertz CT molecular complexity index is 859. The second-order valence-electron chi connectivity index (χ2n) is 4.91. The molecule has 0 unspecified atom stereocenters. The summed E-state index contributed by atoms with van der Waals surface area (Å²) in [7, 11) is 0. The number of carbonyl (C=O) groups is 1. The fourth-order valence-electron chi connectivity index (χ4n) is 2.07. The molecule has 0 radical (unpaired) electrons. The lowest BCUT2D eigenvalue weighted by Gasteiger charge is -2.08. The lowest BCUT2D eigenvalue weighted by Crippen LogP contribution is -2.12. The Morgan fingerprint density at radius 1 is 1.13 bits per heavy atom. The molecule has 0 saturated carbocycles. The molecule has 116 valence electrons. The van der Waals surface area contributed by atoms with Crippen molar-refractivity contribution < 1.29 is 4.79 Å². The van der Waals surface area contributed by atoms with Crippen molar-refractivity contribution in [2.45, 2.75) is 6.92 Å². The summed E-state index contributed by atoms with van der Waals surface area (Å²) in [5, 5.41) is 6.71. The van der Waals surface area contributed by atoms with E-state index in [1.165, 1.54) is 0 Å². The standard InChI is InChI=1S/C17H12Cl2N2OS/c1-10-20-16(9-23-10)11-2-4-12(5-3-11)17(22)21-15-7-6-13(18)8-14(15)19/h2-9H,1H3,(H,21,22). The zero-order valence-electron chi connectivity index (χ0n) is 12.1. The van der Waals surface area contributed by atoms with Crippen LogP contribution in [0, 0.1) is 6.92 Å². The molecule has 2 aromatic carbocycles. The number of benzene rings is 2. The Hall–Kier alpha value is -1.88. The minimum absolute atomic E-state index is 0.227. The van der Waals surface area contributed by atoms with Gasteiger partial charge in [0.05, 0.1) is 21.4 Å². The first-order chi connectivity index (χ1) is 11.0. The van der Waals surface area contributed by atoms with Gasteiger partial charge >= 0.3 is 0 Å². The van der Waals surface area contributed by atoms with E-state index in [0.29, 0.717) is 21.3 Å². The Labute approximate surface area is 147 Å². The summed E-state index contributed by atoms with van der Waals surface area (Å²) in [6.45, 7) is 1.96. The minimum Gasteiger partial charge on any atom is -0.321 e. The zero-order chi connectivity index (χ0) is 16.4. The molecule has 0 fully saturated rings. The average molecular weight is 363 g/mol. The van der Waals surface area contributed by atoms with Crippen molar-refractivity contribution in [3.63, 3.8) is 0 Å². The predicted molar refractivity (Wildman–Crippen MR) is 96.7 cm³/mol. The van der Waals surface area contributed by atoms with Crippen LogP contribution in [0.2, 0.25) is 10.0 Å². The molecule has 1 amide bonds. The molecule has 3 aromatic rings. The van der Waals surface area contributed by atoms with Crippen LogP contribution in [0.1, 0.15) is 15.4 Å². The Kier molecular flexibility index (Phi) is 4.66. The van der Waals surface area contributed by atoms with Gasteiger partial charge in [-0.05, 0) is 37.3 Å². The van der Waals surface area contributed by atoms with Crippen LogP contribution in [0.15, 0.2) is 47.8 Å². The molecular weight excluding hydrogens is 351 g/mol. The number of aryl methyl sites for hydroxylation is 1. The maximum absolute atomic E-state index is 12.3. The van der Waals surface area contributed by atoms with Crippen molar-refractivity contribution in [2.75, 3.05) is 5.32 Å². The maximum Gasteiger partial charge on any atom is 0.255 e. The molecule has 1 aromatic heterocycles. The number of nitrogens with zero attached hydrogens (tertiary/aromatic N) is 1. The molecule has 23 heavy (non-hydrogen) atoms. The Morgan fingerprint density at radius 3 is 2.48 bits per heavy atom. The normalized spacial score (nSPS) is 10.6. The van der Waals surface area contributed by atoms with E-state index in [-0.39, 0.29) is 5.91 Å². The van der Waals surface area contributed by atoms with Gasteiger partial charge in [0.15, 0.2) is 0 Å². The maximum atomic E-state index is 12.3. The smallest absolute Gasteiger partial charge is 0.255 e. The van der Waals surface area contributed by atoms with E-state index < -0.39 is 0 Å². The molecule has 6 heteroatoms. The molecule has 3 nitrogen and oxygen atoms in total. The molecule has 0 bridgehead atoms. The first-order valence-corrected chi connectivity index (χ1v) is 8.45. The SMILES string of the molecule is Cc1nc(-c2ccc(C(=O)Nc3ccc(Cl)cc3Cl)cc2)cs1. The average Bonchev–Trinajstić information content (AvgIpc) is 2.97. The van der Waals surface area contributed by atoms with Gasteiger partial charge < -0.3 is 5.32 Å². The number of aromatic nitrogens is 1. The largest absolute Gasteiger partial charge is 0.321 e. The quantitative estimate of drug-likeness (QED) is 0.651. The molecule has 0 spiro atoms. The van der Waals surface area contributed by atoms with E-state index >= 15 is 0 Å². The van der Waals surface area contributed by atoms with E-state index in [1.54, 1.807) is 41.7 Å². The van der Waals surface area contributed by atoms with Crippen LogP contribution >= 0.6 is 34.5 Å². The lowest BCUT2D eigenvalue weighted by molar-refractivity contribution is 0.102. The van der Waals surface area contributed by atoms with Crippen LogP contribution in [0.3, 0.4) is 0 Å². The number of carbonyl (C=O) groups excluding carboxylic acids is 1. The fourth-order valence-corrected chi connectivity index (χ4v) is 3.15. The van der Waals surface area contributed by atoms with Gasteiger partial charge in [-0.15, -0.1) is 11.3 Å². The van der Waals surface area contributed by atoms with Gasteiger partial charge in [-0.3, -0.25) is 4.79 Å². The molecule has 0 saturated heterocycles. The van der Waals surface area contributed by atoms with Gasteiger partial charge in [0.1, 0.15) is 0 Å². The number of rotatable bonds is 3. The Morgan fingerprint density at radius 2 is 1.87 bits per heavy atom. The van der Waals surface area contributed by atoms with Gasteiger partial charge in [0.2, 0.25) is 0 Å². The van der Waals surface area contributed by atoms with Crippen molar-refractivity contribution in [3.8, 4) is 11.3 Å². The van der Waals surface area contributed by atoms with Crippen LogP contribution in [0.5, 0.6) is 0 Å². The van der Waals surface area contributed by atoms with E-state index in [2.05, 4.69) is 10.3 Å². The van der Waals surface area contributed by atoms with Crippen molar-refractivity contribution >= 4 is 46.1 Å². The number of hydrogen-bond acceptors (Lipinski definition) is 3. The summed E-state index contributed by atoms with van der Waals surface area (Å²) >= 11 is 13.5. The third-order valence-electron chi connectivity index (χ3n) is 3.24. The van der Waals surface area contributed by atoms with Gasteiger partial charge in [-0.2, -0.15) is 0 Å². The first kappa shape index (κ1) is 16.0. The molecule has 0 atom stereocenters. The first-order valence-electron chi connectivity index (χ1n) is 6.82. The summed E-state index contributed by atoms with van der Waals surface area (Å²) in [6.07, 6.45) is 0. The van der Waals surface area contributed by atoms with Gasteiger partial charge in [0.25, 0.3) is 5.91 Å². The topological polar surface area (TPSA) is 42.0 Å². The van der Waals surface area contributed by atoms with Crippen LogP contribution in [-0.4, -0.2) is 10.9 Å². The number of thiazole rings is 1. The molecule has 0 aliphatic carbocycles. The van der Waals surface area contributed by atoms with Gasteiger partial charge in [0, 0.05) is 21.5 Å². The summed E-state index contributed by atoms with van der Waals surface area (Å²) in [5.74, 6) is -0.227. The monoisotopic (exact) mass is 362 g/mol. The van der Waals surface area contributed by atoms with E-state index in [4.69, 9.17) is 23.2 Å². The summed E-state index contributed by atoms with van der Waals surface area (Å²) < 4.78 is 0. The molecule has 3 rings (SSSR count). The van der Waals surface area contributed by atoms with Gasteiger partial charge in [-0.25, -0.2) is 4.98 Å². The third-order valence-corrected chi connectivity index (χ3v) is 4.56. The number of hydrogen-bond donors (Lipinski definition) is 1. The predicted octanol–water partition coefficient (Wildman–Crippen LogP) is 5.68. The van der Waals surface area contributed by atoms with Crippen LogP contribution in [0.25, 0.3) is 11.3 Å². The highest BCUT2D eigenvalue weighted by atomic mass is 35.5. The van der Waals surface area contributed by atoms with Crippen molar-refractivity contribution in [3.05, 3.63) is 68.5 Å². The highest BCUT2D eigenvalue weighted by Gasteiger charge is 2.10. The van der Waals surface area contributed by atoms with E-state index in [0.717, 1.165) is 16.3 Å². The minimum atomic E-state index is -0.227. The van der Waals surface area contributed by atoms with E-state index in [9.17, 15) is 4.79 Å². The second-order valence-corrected chi connectivity index (χ2v) is 6.81. The second kappa shape index (κ2) is 6.71. The van der Waals surface area contributed by atoms with Gasteiger partial charge in [-0.1, -0.05) is 35.3 Å². The number of halogens is 2. The Balaban J connectivity index is 1.77. The highest BCUT2D eigenvalue weighted by molar-refractivity contribution is 7.09. The highest BCUT2D eigenvalue weighted by Crippen LogP contribution is 2.26. The molecule has 1 N–H and O–H groups in total. The van der Waals surface area contributed by atoms with Crippen molar-refractivity contribution in [1.29, 1.82) is 0 Å². The zero-order valence-corrected chi connectivity index (χ0v) is 14.5. The number of anilines is 1. The molecule has 1 heterocycles. The number of nitrogens with one attached hydrogen (secondary N) is 1. The van der Waals surface area contributed by atoms with Crippen LogP contribution < -0.4 is 5.32 Å². The molecular formula is C17H12Cl2N2OS. The summed E-state index contributed by atoms with van der Waals surface area (Å²) in [4.78, 5) is 16.7. The third kappa shape index (κ3) is 3.72. The molecule has 0 aliphatic rings. The number of amides is 1. The van der Waals surface area contributed by atoms with Crippen molar-refractivity contribution in [2.24, 2.45) is 0 Å².